The van der Waals surface area contributed by atoms with Crippen LogP contribution < -0.4 is 0 Å². The Hall–Kier alpha value is -1.12. The van der Waals surface area contributed by atoms with E-state index in [1.54, 1.807) is 0 Å². The Labute approximate surface area is 96.9 Å². The average molecular weight is 224 g/mol. The lowest BCUT2D eigenvalue weighted by Crippen LogP contribution is -2.27. The van der Waals surface area contributed by atoms with Gasteiger partial charge < -0.3 is 4.74 Å². The highest BCUT2D eigenvalue weighted by molar-refractivity contribution is 5.85. The molecule has 0 N–H and O–H groups in total. The molecule has 0 bridgehead atoms. The van der Waals surface area contributed by atoms with Gasteiger partial charge >= 0.3 is 5.97 Å². The minimum absolute atomic E-state index is 0.237. The van der Waals surface area contributed by atoms with Crippen molar-refractivity contribution in [3.8, 4) is 0 Å². The SMILES string of the molecule is COC(=O)CC[C@@]1(C)CC=C(C)CCC1=O. The minimum Gasteiger partial charge on any atom is -0.469 e. The van der Waals surface area contributed by atoms with Crippen molar-refractivity contribution in [2.45, 2.75) is 46.0 Å². The zero-order valence-electron chi connectivity index (χ0n) is 10.3. The fourth-order valence-corrected chi connectivity index (χ4v) is 1.95. The maximum atomic E-state index is 12.0. The van der Waals surface area contributed by atoms with E-state index in [4.69, 9.17) is 0 Å². The van der Waals surface area contributed by atoms with E-state index in [1.165, 1.54) is 12.7 Å². The second-order valence-electron chi connectivity index (χ2n) is 4.81. The van der Waals surface area contributed by atoms with Crippen LogP contribution in [0.3, 0.4) is 0 Å². The summed E-state index contributed by atoms with van der Waals surface area (Å²) >= 11 is 0. The van der Waals surface area contributed by atoms with Crippen LogP contribution in [0.5, 0.6) is 0 Å². The molecule has 0 aromatic rings. The highest BCUT2D eigenvalue weighted by atomic mass is 16.5. The molecule has 3 nitrogen and oxygen atoms in total. The van der Waals surface area contributed by atoms with E-state index in [9.17, 15) is 9.59 Å². The number of methoxy groups -OCH3 is 1. The third-order valence-electron chi connectivity index (χ3n) is 3.43. The summed E-state index contributed by atoms with van der Waals surface area (Å²) in [6.45, 7) is 4.01. The Bertz CT molecular complexity index is 317. The summed E-state index contributed by atoms with van der Waals surface area (Å²) < 4.78 is 4.61. The summed E-state index contributed by atoms with van der Waals surface area (Å²) in [5, 5.41) is 0. The molecule has 0 unspecified atom stereocenters. The summed E-state index contributed by atoms with van der Waals surface area (Å²) in [6.07, 6.45) is 5.23. The van der Waals surface area contributed by atoms with Gasteiger partial charge in [-0.1, -0.05) is 18.6 Å². The van der Waals surface area contributed by atoms with Crippen molar-refractivity contribution >= 4 is 11.8 Å². The number of carbonyl (C=O) groups is 2. The molecule has 0 radical (unpaired) electrons. The zero-order valence-corrected chi connectivity index (χ0v) is 10.3. The van der Waals surface area contributed by atoms with Crippen LogP contribution in [-0.4, -0.2) is 18.9 Å². The van der Waals surface area contributed by atoms with E-state index >= 15 is 0 Å². The molecule has 0 saturated heterocycles. The molecule has 1 aliphatic rings. The van der Waals surface area contributed by atoms with Crippen LogP contribution >= 0.6 is 0 Å². The number of rotatable bonds is 3. The van der Waals surface area contributed by atoms with Gasteiger partial charge in [-0.05, 0) is 26.2 Å². The van der Waals surface area contributed by atoms with E-state index in [1.807, 2.05) is 6.92 Å². The van der Waals surface area contributed by atoms with Gasteiger partial charge in [0.05, 0.1) is 7.11 Å². The molecule has 90 valence electrons. The monoisotopic (exact) mass is 224 g/mol. The van der Waals surface area contributed by atoms with Crippen LogP contribution in [0, 0.1) is 5.41 Å². The Kier molecular flexibility index (Phi) is 4.27. The molecule has 0 amide bonds. The van der Waals surface area contributed by atoms with Gasteiger partial charge in [0.1, 0.15) is 5.78 Å². The highest BCUT2D eigenvalue weighted by Crippen LogP contribution is 2.34. The van der Waals surface area contributed by atoms with E-state index in [0.29, 0.717) is 19.3 Å². The Balaban J connectivity index is 2.65. The van der Waals surface area contributed by atoms with Crippen molar-refractivity contribution in [1.82, 2.24) is 0 Å². The molecule has 0 aromatic carbocycles. The molecule has 3 heteroatoms. The largest absolute Gasteiger partial charge is 0.469 e. The maximum Gasteiger partial charge on any atom is 0.305 e. The fraction of sp³-hybridized carbons (Fsp3) is 0.692. The molecular formula is C13H20O3. The molecule has 0 fully saturated rings. The number of ketones is 1. The lowest BCUT2D eigenvalue weighted by Gasteiger charge is -2.25. The quantitative estimate of drug-likeness (QED) is 0.546. The Morgan fingerprint density at radius 1 is 1.50 bits per heavy atom. The number of Topliss-reactive ketones (excluding diaryl/α,β-unsaturated/α-hetero) is 1. The van der Waals surface area contributed by atoms with E-state index in [0.717, 1.165) is 12.8 Å². The molecule has 1 aliphatic carbocycles. The van der Waals surface area contributed by atoms with Gasteiger partial charge in [-0.15, -0.1) is 0 Å². The lowest BCUT2D eigenvalue weighted by atomic mass is 9.78. The van der Waals surface area contributed by atoms with Crippen LogP contribution in [0.1, 0.15) is 46.0 Å². The van der Waals surface area contributed by atoms with Gasteiger partial charge in [-0.2, -0.15) is 0 Å². The first-order chi connectivity index (χ1) is 7.48. The molecular weight excluding hydrogens is 204 g/mol. The maximum absolute atomic E-state index is 12.0. The number of allylic oxidation sites excluding steroid dienone is 2. The van der Waals surface area contributed by atoms with Crippen molar-refractivity contribution in [2.24, 2.45) is 5.41 Å². The first-order valence-corrected chi connectivity index (χ1v) is 5.74. The predicted molar refractivity (Wildman–Crippen MR) is 62.0 cm³/mol. The first-order valence-electron chi connectivity index (χ1n) is 5.74. The predicted octanol–water partition coefficient (Wildman–Crippen LogP) is 2.65. The number of ether oxygens (including phenoxy) is 1. The van der Waals surface area contributed by atoms with Gasteiger partial charge in [0, 0.05) is 18.3 Å². The number of hydrogen-bond acceptors (Lipinski definition) is 3. The molecule has 0 saturated carbocycles. The Morgan fingerprint density at radius 2 is 2.19 bits per heavy atom. The molecule has 0 aromatic heterocycles. The summed E-state index contributed by atoms with van der Waals surface area (Å²) in [5.41, 5.74) is 0.890. The number of carbonyl (C=O) groups excluding carboxylic acids is 2. The second kappa shape index (κ2) is 5.28. The molecule has 0 aliphatic heterocycles. The van der Waals surface area contributed by atoms with Gasteiger partial charge in [0.15, 0.2) is 0 Å². The van der Waals surface area contributed by atoms with Crippen LogP contribution in [0.25, 0.3) is 0 Å². The Morgan fingerprint density at radius 3 is 2.81 bits per heavy atom. The van der Waals surface area contributed by atoms with Crippen molar-refractivity contribution in [3.63, 3.8) is 0 Å². The van der Waals surface area contributed by atoms with Crippen LogP contribution in [0.15, 0.2) is 11.6 Å². The van der Waals surface area contributed by atoms with E-state index in [-0.39, 0.29) is 17.2 Å². The van der Waals surface area contributed by atoms with Crippen molar-refractivity contribution in [2.75, 3.05) is 7.11 Å². The van der Waals surface area contributed by atoms with Gasteiger partial charge in [-0.25, -0.2) is 0 Å². The lowest BCUT2D eigenvalue weighted by molar-refractivity contribution is -0.141. The number of esters is 1. The molecule has 0 spiro atoms. The van der Waals surface area contributed by atoms with Crippen molar-refractivity contribution < 1.29 is 14.3 Å². The molecule has 1 rings (SSSR count). The van der Waals surface area contributed by atoms with Gasteiger partial charge in [0.25, 0.3) is 0 Å². The number of hydrogen-bond donors (Lipinski definition) is 0. The van der Waals surface area contributed by atoms with Crippen molar-refractivity contribution in [3.05, 3.63) is 11.6 Å². The molecule has 1 atom stereocenters. The van der Waals surface area contributed by atoms with Crippen LogP contribution in [0.4, 0.5) is 0 Å². The van der Waals surface area contributed by atoms with Gasteiger partial charge in [-0.3, -0.25) is 9.59 Å². The zero-order chi connectivity index (χ0) is 12.2. The third-order valence-corrected chi connectivity index (χ3v) is 3.43. The average Bonchev–Trinajstić information content (AvgIpc) is 2.40. The second-order valence-corrected chi connectivity index (χ2v) is 4.81. The van der Waals surface area contributed by atoms with Crippen LogP contribution in [0.2, 0.25) is 0 Å². The summed E-state index contributed by atoms with van der Waals surface area (Å²) in [7, 11) is 1.38. The van der Waals surface area contributed by atoms with E-state index in [2.05, 4.69) is 17.7 Å². The van der Waals surface area contributed by atoms with Crippen LogP contribution in [-0.2, 0) is 14.3 Å². The summed E-state index contributed by atoms with van der Waals surface area (Å²) in [6, 6.07) is 0. The third kappa shape index (κ3) is 3.19. The standard InChI is InChI=1S/C13H20O3/c1-10-4-5-11(14)13(2,8-6-10)9-7-12(15)16-3/h6H,4-5,7-9H2,1-3H3/t13-/m1/s1. The normalized spacial score (nSPS) is 25.9. The molecule has 0 heterocycles. The van der Waals surface area contributed by atoms with Gasteiger partial charge in [0.2, 0.25) is 0 Å². The highest BCUT2D eigenvalue weighted by Gasteiger charge is 2.33. The smallest absolute Gasteiger partial charge is 0.305 e. The molecule has 16 heavy (non-hydrogen) atoms. The van der Waals surface area contributed by atoms with E-state index < -0.39 is 0 Å². The first kappa shape index (κ1) is 12.9. The summed E-state index contributed by atoms with van der Waals surface area (Å²) in [5.74, 6) is 0.0310. The summed E-state index contributed by atoms with van der Waals surface area (Å²) in [4.78, 5) is 23.1. The topological polar surface area (TPSA) is 43.4 Å². The fourth-order valence-electron chi connectivity index (χ4n) is 1.95. The van der Waals surface area contributed by atoms with Crippen molar-refractivity contribution in [1.29, 1.82) is 0 Å². The minimum atomic E-state index is -0.383.